The van der Waals surface area contributed by atoms with Gasteiger partial charge in [-0.05, 0) is 25.0 Å². The number of carbonyl (C=O) groups is 1. The molecule has 6 heteroatoms. The number of hydrogen-bond acceptors (Lipinski definition) is 5. The van der Waals surface area contributed by atoms with Crippen molar-refractivity contribution < 1.29 is 14.1 Å². The molecule has 1 fully saturated rings. The van der Waals surface area contributed by atoms with E-state index in [9.17, 15) is 4.79 Å². The predicted molar refractivity (Wildman–Crippen MR) is 100 cm³/mol. The summed E-state index contributed by atoms with van der Waals surface area (Å²) in [7, 11) is 0. The van der Waals surface area contributed by atoms with E-state index in [0.29, 0.717) is 30.5 Å². The standard InChI is InChI=1S/C21H21N3O3/c25-21(19-13-20(27-23-19)17-6-2-1-3-7-17)24-12-4-5-16(14-24)15-26-18-8-10-22-11-9-18/h1-3,6-11,13,16H,4-5,12,14-15H2. The Morgan fingerprint density at radius 3 is 2.81 bits per heavy atom. The lowest BCUT2D eigenvalue weighted by Gasteiger charge is -2.32. The second-order valence-electron chi connectivity index (χ2n) is 6.70. The Kier molecular flexibility index (Phi) is 5.14. The summed E-state index contributed by atoms with van der Waals surface area (Å²) in [4.78, 5) is 18.6. The van der Waals surface area contributed by atoms with Gasteiger partial charge >= 0.3 is 0 Å². The van der Waals surface area contributed by atoms with Crippen LogP contribution in [0.25, 0.3) is 11.3 Å². The van der Waals surface area contributed by atoms with Crippen molar-refractivity contribution in [2.75, 3.05) is 19.7 Å². The Balaban J connectivity index is 1.38. The quantitative estimate of drug-likeness (QED) is 0.692. The molecule has 0 bridgehead atoms. The maximum atomic E-state index is 12.8. The van der Waals surface area contributed by atoms with E-state index in [2.05, 4.69) is 10.1 Å². The number of rotatable bonds is 5. The normalized spacial score (nSPS) is 16.9. The zero-order valence-electron chi connectivity index (χ0n) is 15.0. The van der Waals surface area contributed by atoms with Crippen LogP contribution in [0.3, 0.4) is 0 Å². The van der Waals surface area contributed by atoms with Crippen LogP contribution in [0.15, 0.2) is 65.4 Å². The van der Waals surface area contributed by atoms with Gasteiger partial charge in [0, 0.05) is 43.0 Å². The van der Waals surface area contributed by atoms with Crippen molar-refractivity contribution in [2.24, 2.45) is 5.92 Å². The van der Waals surface area contributed by atoms with Crippen LogP contribution in [-0.2, 0) is 0 Å². The average molecular weight is 363 g/mol. The summed E-state index contributed by atoms with van der Waals surface area (Å²) in [6.45, 7) is 1.98. The van der Waals surface area contributed by atoms with Gasteiger partial charge in [-0.3, -0.25) is 9.78 Å². The molecule has 1 aromatic carbocycles. The highest BCUT2D eigenvalue weighted by Crippen LogP contribution is 2.23. The first-order valence-corrected chi connectivity index (χ1v) is 9.14. The van der Waals surface area contributed by atoms with Gasteiger partial charge < -0.3 is 14.2 Å². The fraction of sp³-hybridized carbons (Fsp3) is 0.286. The molecule has 2 aromatic heterocycles. The van der Waals surface area contributed by atoms with Crippen molar-refractivity contribution in [2.45, 2.75) is 12.8 Å². The van der Waals surface area contributed by atoms with Crippen LogP contribution >= 0.6 is 0 Å². The van der Waals surface area contributed by atoms with Crippen LogP contribution in [0.4, 0.5) is 0 Å². The van der Waals surface area contributed by atoms with Gasteiger partial charge in [0.25, 0.3) is 5.91 Å². The van der Waals surface area contributed by atoms with Gasteiger partial charge in [-0.25, -0.2) is 0 Å². The fourth-order valence-corrected chi connectivity index (χ4v) is 3.31. The molecule has 1 saturated heterocycles. The van der Waals surface area contributed by atoms with Gasteiger partial charge in [-0.2, -0.15) is 0 Å². The summed E-state index contributed by atoms with van der Waals surface area (Å²) >= 11 is 0. The zero-order valence-corrected chi connectivity index (χ0v) is 15.0. The highest BCUT2D eigenvalue weighted by atomic mass is 16.5. The van der Waals surface area contributed by atoms with Crippen LogP contribution in [0.1, 0.15) is 23.3 Å². The van der Waals surface area contributed by atoms with Crippen molar-refractivity contribution in [3.05, 3.63) is 66.6 Å². The Labute approximate surface area is 157 Å². The molecule has 0 saturated carbocycles. The zero-order chi connectivity index (χ0) is 18.5. The highest BCUT2D eigenvalue weighted by Gasteiger charge is 2.27. The third-order valence-electron chi connectivity index (χ3n) is 4.73. The second-order valence-corrected chi connectivity index (χ2v) is 6.70. The van der Waals surface area contributed by atoms with E-state index in [1.165, 1.54) is 0 Å². The molecule has 1 atom stereocenters. The Morgan fingerprint density at radius 1 is 1.19 bits per heavy atom. The lowest BCUT2D eigenvalue weighted by atomic mass is 9.98. The smallest absolute Gasteiger partial charge is 0.276 e. The van der Waals surface area contributed by atoms with E-state index in [1.807, 2.05) is 47.4 Å². The summed E-state index contributed by atoms with van der Waals surface area (Å²) in [5, 5.41) is 3.98. The molecular weight excluding hydrogens is 342 g/mol. The van der Waals surface area contributed by atoms with Crippen molar-refractivity contribution in [3.8, 4) is 17.1 Å². The first-order chi connectivity index (χ1) is 13.3. The molecule has 138 valence electrons. The average Bonchev–Trinajstić information content (AvgIpc) is 3.24. The summed E-state index contributed by atoms with van der Waals surface area (Å²) in [6.07, 6.45) is 5.42. The minimum atomic E-state index is -0.0884. The summed E-state index contributed by atoms with van der Waals surface area (Å²) in [5.41, 5.74) is 1.26. The minimum absolute atomic E-state index is 0.0884. The molecule has 6 nitrogen and oxygen atoms in total. The van der Waals surface area contributed by atoms with Crippen LogP contribution in [-0.4, -0.2) is 40.6 Å². The van der Waals surface area contributed by atoms with Crippen LogP contribution < -0.4 is 4.74 Å². The molecular formula is C21H21N3O3. The summed E-state index contributed by atoms with van der Waals surface area (Å²) < 4.78 is 11.2. The molecule has 0 spiro atoms. The maximum absolute atomic E-state index is 12.8. The number of aromatic nitrogens is 2. The SMILES string of the molecule is O=C(c1cc(-c2ccccc2)on1)N1CCCC(COc2ccncc2)C1. The third-order valence-corrected chi connectivity index (χ3v) is 4.73. The number of ether oxygens (including phenoxy) is 1. The lowest BCUT2D eigenvalue weighted by molar-refractivity contribution is 0.0623. The molecule has 1 aliphatic rings. The molecule has 3 aromatic rings. The number of hydrogen-bond donors (Lipinski definition) is 0. The van der Waals surface area contributed by atoms with Gasteiger partial charge in [0.15, 0.2) is 11.5 Å². The Hall–Kier alpha value is -3.15. The van der Waals surface area contributed by atoms with E-state index >= 15 is 0 Å². The van der Waals surface area contributed by atoms with Crippen molar-refractivity contribution in [3.63, 3.8) is 0 Å². The Bertz CT molecular complexity index is 880. The minimum Gasteiger partial charge on any atom is -0.493 e. The first kappa shape index (κ1) is 17.3. The number of pyridine rings is 1. The largest absolute Gasteiger partial charge is 0.493 e. The highest BCUT2D eigenvalue weighted by molar-refractivity contribution is 5.93. The van der Waals surface area contributed by atoms with Gasteiger partial charge in [-0.15, -0.1) is 0 Å². The molecule has 0 N–H and O–H groups in total. The van der Waals surface area contributed by atoms with Gasteiger partial charge in [-0.1, -0.05) is 35.5 Å². The number of piperidine rings is 1. The predicted octanol–water partition coefficient (Wildman–Crippen LogP) is 3.67. The van der Waals surface area contributed by atoms with E-state index in [1.54, 1.807) is 18.5 Å². The van der Waals surface area contributed by atoms with Crippen molar-refractivity contribution in [1.82, 2.24) is 15.0 Å². The monoisotopic (exact) mass is 363 g/mol. The molecule has 1 amide bonds. The number of nitrogens with zero attached hydrogens (tertiary/aromatic N) is 3. The van der Waals surface area contributed by atoms with Gasteiger partial charge in [0.05, 0.1) is 6.61 Å². The Morgan fingerprint density at radius 2 is 2.00 bits per heavy atom. The van der Waals surface area contributed by atoms with Crippen molar-refractivity contribution >= 4 is 5.91 Å². The first-order valence-electron chi connectivity index (χ1n) is 9.14. The van der Waals surface area contributed by atoms with Crippen LogP contribution in [0, 0.1) is 5.92 Å². The van der Waals surface area contributed by atoms with Crippen LogP contribution in [0.5, 0.6) is 5.75 Å². The number of amides is 1. The van der Waals surface area contributed by atoms with Gasteiger partial charge in [0.1, 0.15) is 5.75 Å². The number of benzene rings is 1. The molecule has 0 radical (unpaired) electrons. The van der Waals surface area contributed by atoms with E-state index in [4.69, 9.17) is 9.26 Å². The molecule has 1 unspecified atom stereocenters. The summed E-state index contributed by atoms with van der Waals surface area (Å²) in [6, 6.07) is 15.1. The summed E-state index contributed by atoms with van der Waals surface area (Å²) in [5.74, 6) is 1.62. The maximum Gasteiger partial charge on any atom is 0.276 e. The lowest BCUT2D eigenvalue weighted by Crippen LogP contribution is -2.41. The molecule has 4 rings (SSSR count). The van der Waals surface area contributed by atoms with Crippen LogP contribution in [0.2, 0.25) is 0 Å². The number of carbonyl (C=O) groups excluding carboxylic acids is 1. The number of likely N-dealkylation sites (tertiary alicyclic amines) is 1. The fourth-order valence-electron chi connectivity index (χ4n) is 3.31. The molecule has 1 aliphatic heterocycles. The third kappa shape index (κ3) is 4.16. The van der Waals surface area contributed by atoms with Gasteiger partial charge in [0.2, 0.25) is 0 Å². The van der Waals surface area contributed by atoms with E-state index in [-0.39, 0.29) is 5.91 Å². The van der Waals surface area contributed by atoms with Crippen molar-refractivity contribution in [1.29, 1.82) is 0 Å². The topological polar surface area (TPSA) is 68.5 Å². The van der Waals surface area contributed by atoms with E-state index < -0.39 is 0 Å². The second kappa shape index (κ2) is 8.03. The molecule has 0 aliphatic carbocycles. The molecule has 3 heterocycles. The van der Waals surface area contributed by atoms with E-state index in [0.717, 1.165) is 30.7 Å². The molecule has 27 heavy (non-hydrogen) atoms.